The molecule has 0 aromatic carbocycles. The standard InChI is InChI=1S/C36H72O2/c1-2-3-4-5-6-7-8-9-10-11-12-13-14-19-24-29-34-38-36-32-27-22-17-15-20-25-30-35(37)31-26-21-16-18-23-28-33-36/h35-37H,2-34H2,1H3. The molecule has 2 heteroatoms. The number of ether oxygens (including phenoxy) is 1. The van der Waals surface area contributed by atoms with E-state index < -0.39 is 0 Å². The molecule has 1 aliphatic rings. The SMILES string of the molecule is CCCCCCCCCCCCCCCCCCOC1CCCCCCCCC(O)CCCCCCCC1. The van der Waals surface area contributed by atoms with Crippen molar-refractivity contribution in [3.05, 3.63) is 0 Å². The number of hydrogen-bond donors (Lipinski definition) is 1. The molecule has 0 bridgehead atoms. The molecule has 1 saturated carbocycles. The van der Waals surface area contributed by atoms with Gasteiger partial charge in [-0.1, -0.05) is 180 Å². The van der Waals surface area contributed by atoms with Gasteiger partial charge in [0.25, 0.3) is 0 Å². The molecule has 0 amide bonds. The Balaban J connectivity index is 1.98. The van der Waals surface area contributed by atoms with Gasteiger partial charge in [0.05, 0.1) is 12.2 Å². The van der Waals surface area contributed by atoms with Crippen LogP contribution in [0.15, 0.2) is 0 Å². The minimum atomic E-state index is -0.0406. The Labute approximate surface area is 240 Å². The summed E-state index contributed by atoms with van der Waals surface area (Å²) in [4.78, 5) is 0. The molecule has 0 unspecified atom stereocenters. The summed E-state index contributed by atoms with van der Waals surface area (Å²) in [5, 5.41) is 10.1. The normalized spacial score (nSPS) is 21.6. The summed E-state index contributed by atoms with van der Waals surface area (Å²) in [5.41, 5.74) is 0. The molecular weight excluding hydrogens is 464 g/mol. The number of unbranched alkanes of at least 4 members (excludes halogenated alkanes) is 15. The third-order valence-corrected chi connectivity index (χ3v) is 8.98. The Morgan fingerprint density at radius 1 is 0.421 bits per heavy atom. The van der Waals surface area contributed by atoms with Gasteiger partial charge in [0, 0.05) is 6.61 Å². The average molecular weight is 537 g/mol. The lowest BCUT2D eigenvalue weighted by Crippen LogP contribution is -2.14. The predicted molar refractivity (Wildman–Crippen MR) is 169 cm³/mol. The molecule has 1 N–H and O–H groups in total. The van der Waals surface area contributed by atoms with Gasteiger partial charge in [-0.2, -0.15) is 0 Å². The first-order chi connectivity index (χ1) is 18.8. The summed E-state index contributed by atoms with van der Waals surface area (Å²) >= 11 is 0. The van der Waals surface area contributed by atoms with Crippen molar-refractivity contribution in [2.24, 2.45) is 0 Å². The van der Waals surface area contributed by atoms with Crippen LogP contribution in [0.1, 0.15) is 212 Å². The van der Waals surface area contributed by atoms with Crippen molar-refractivity contribution in [3.63, 3.8) is 0 Å². The molecule has 38 heavy (non-hydrogen) atoms. The molecule has 0 aliphatic heterocycles. The van der Waals surface area contributed by atoms with Gasteiger partial charge in [0.1, 0.15) is 0 Å². The molecule has 0 spiro atoms. The maximum Gasteiger partial charge on any atom is 0.0575 e. The third kappa shape index (κ3) is 26.2. The Bertz CT molecular complexity index is 417. The maximum absolute atomic E-state index is 10.1. The molecule has 1 fully saturated rings. The number of aliphatic hydroxyl groups excluding tert-OH is 1. The molecule has 1 rings (SSSR count). The van der Waals surface area contributed by atoms with Crippen LogP contribution in [-0.4, -0.2) is 23.9 Å². The zero-order chi connectivity index (χ0) is 27.2. The quantitative estimate of drug-likeness (QED) is 0.176. The summed E-state index contributed by atoms with van der Waals surface area (Å²) in [6, 6.07) is 0. The molecule has 0 atom stereocenters. The number of rotatable bonds is 18. The minimum Gasteiger partial charge on any atom is -0.393 e. The highest BCUT2D eigenvalue weighted by Gasteiger charge is 2.10. The summed E-state index contributed by atoms with van der Waals surface area (Å²) in [5.74, 6) is 0. The monoisotopic (exact) mass is 537 g/mol. The van der Waals surface area contributed by atoms with Crippen LogP contribution in [0.5, 0.6) is 0 Å². The minimum absolute atomic E-state index is 0.0406. The zero-order valence-electron chi connectivity index (χ0n) is 26.3. The largest absolute Gasteiger partial charge is 0.393 e. The molecule has 0 aromatic heterocycles. The van der Waals surface area contributed by atoms with Crippen molar-refractivity contribution in [2.45, 2.75) is 225 Å². The van der Waals surface area contributed by atoms with E-state index in [-0.39, 0.29) is 6.10 Å². The molecular formula is C36H72O2. The van der Waals surface area contributed by atoms with Gasteiger partial charge in [-0.3, -0.25) is 0 Å². The third-order valence-electron chi connectivity index (χ3n) is 8.98. The second kappa shape index (κ2) is 29.9. The topological polar surface area (TPSA) is 29.5 Å². The van der Waals surface area contributed by atoms with E-state index in [0.717, 1.165) is 19.4 Å². The number of hydrogen-bond acceptors (Lipinski definition) is 2. The van der Waals surface area contributed by atoms with Crippen molar-refractivity contribution >= 4 is 0 Å². The van der Waals surface area contributed by atoms with Crippen LogP contribution in [0.3, 0.4) is 0 Å². The first-order valence-corrected chi connectivity index (χ1v) is 18.1. The molecule has 2 nitrogen and oxygen atoms in total. The highest BCUT2D eigenvalue weighted by molar-refractivity contribution is 4.62. The summed E-state index contributed by atoms with van der Waals surface area (Å²) in [6.07, 6.45) is 43.8. The van der Waals surface area contributed by atoms with Gasteiger partial charge in [-0.15, -0.1) is 0 Å². The lowest BCUT2D eigenvalue weighted by Gasteiger charge is -2.18. The van der Waals surface area contributed by atoms with Crippen molar-refractivity contribution < 1.29 is 9.84 Å². The Morgan fingerprint density at radius 3 is 1.13 bits per heavy atom. The smallest absolute Gasteiger partial charge is 0.0575 e. The molecule has 0 heterocycles. The van der Waals surface area contributed by atoms with E-state index in [1.807, 2.05) is 0 Å². The van der Waals surface area contributed by atoms with Crippen molar-refractivity contribution in [3.8, 4) is 0 Å². The summed E-state index contributed by atoms with van der Waals surface area (Å²) < 4.78 is 6.43. The van der Waals surface area contributed by atoms with Gasteiger partial charge in [-0.25, -0.2) is 0 Å². The van der Waals surface area contributed by atoms with Gasteiger partial charge < -0.3 is 9.84 Å². The van der Waals surface area contributed by atoms with Gasteiger partial charge >= 0.3 is 0 Å². The summed E-state index contributed by atoms with van der Waals surface area (Å²) in [6.45, 7) is 3.29. The van der Waals surface area contributed by atoms with Crippen LogP contribution >= 0.6 is 0 Å². The van der Waals surface area contributed by atoms with E-state index in [1.54, 1.807) is 0 Å². The van der Waals surface area contributed by atoms with E-state index in [0.29, 0.717) is 6.10 Å². The Hall–Kier alpha value is -0.0800. The second-order valence-electron chi connectivity index (χ2n) is 12.8. The van der Waals surface area contributed by atoms with E-state index in [2.05, 4.69) is 6.92 Å². The molecule has 0 saturated heterocycles. The van der Waals surface area contributed by atoms with Gasteiger partial charge in [0.15, 0.2) is 0 Å². The highest BCUT2D eigenvalue weighted by Crippen LogP contribution is 2.20. The van der Waals surface area contributed by atoms with Crippen LogP contribution in [0.25, 0.3) is 0 Å². The first-order valence-electron chi connectivity index (χ1n) is 18.1. The van der Waals surface area contributed by atoms with Crippen LogP contribution in [0.2, 0.25) is 0 Å². The Kier molecular flexibility index (Phi) is 28.3. The fourth-order valence-corrected chi connectivity index (χ4v) is 6.27. The van der Waals surface area contributed by atoms with Crippen molar-refractivity contribution in [1.82, 2.24) is 0 Å². The summed E-state index contributed by atoms with van der Waals surface area (Å²) in [7, 11) is 0. The van der Waals surface area contributed by atoms with Gasteiger partial charge in [-0.05, 0) is 32.1 Å². The van der Waals surface area contributed by atoms with E-state index in [1.165, 1.54) is 193 Å². The lowest BCUT2D eigenvalue weighted by atomic mass is 9.99. The lowest BCUT2D eigenvalue weighted by molar-refractivity contribution is 0.0357. The van der Waals surface area contributed by atoms with Crippen LogP contribution < -0.4 is 0 Å². The maximum atomic E-state index is 10.1. The van der Waals surface area contributed by atoms with Crippen molar-refractivity contribution in [1.29, 1.82) is 0 Å². The van der Waals surface area contributed by atoms with E-state index >= 15 is 0 Å². The van der Waals surface area contributed by atoms with E-state index in [4.69, 9.17) is 4.74 Å². The number of aliphatic hydroxyl groups is 1. The first kappa shape index (κ1) is 35.9. The fraction of sp³-hybridized carbons (Fsp3) is 1.00. The van der Waals surface area contributed by atoms with Crippen LogP contribution in [0.4, 0.5) is 0 Å². The molecule has 0 radical (unpaired) electrons. The molecule has 0 aromatic rings. The fourth-order valence-electron chi connectivity index (χ4n) is 6.27. The molecule has 1 aliphatic carbocycles. The highest BCUT2D eigenvalue weighted by atomic mass is 16.5. The van der Waals surface area contributed by atoms with Crippen molar-refractivity contribution in [2.75, 3.05) is 6.61 Å². The zero-order valence-corrected chi connectivity index (χ0v) is 26.3. The van der Waals surface area contributed by atoms with Gasteiger partial charge in [0.2, 0.25) is 0 Å². The average Bonchev–Trinajstić information content (AvgIpc) is 2.92. The molecule has 228 valence electrons. The Morgan fingerprint density at radius 2 is 0.737 bits per heavy atom. The van der Waals surface area contributed by atoms with Crippen LogP contribution in [-0.2, 0) is 4.74 Å². The second-order valence-corrected chi connectivity index (χ2v) is 12.8. The van der Waals surface area contributed by atoms with E-state index in [9.17, 15) is 5.11 Å². The predicted octanol–water partition coefficient (Wildman–Crippen LogP) is 12.2. The van der Waals surface area contributed by atoms with Crippen LogP contribution in [0, 0.1) is 0 Å².